The molecule has 6 nitrogen and oxygen atoms in total. The van der Waals surface area contributed by atoms with Gasteiger partial charge < -0.3 is 28.5 Å². The number of hydrogen-bond donors (Lipinski definition) is 1. The number of benzene rings is 1. The first-order chi connectivity index (χ1) is 15.0. The first kappa shape index (κ1) is 25.3. The zero-order valence-corrected chi connectivity index (χ0v) is 21.1. The highest BCUT2D eigenvalue weighted by Crippen LogP contribution is 2.37. The van der Waals surface area contributed by atoms with Crippen LogP contribution in [0.25, 0.3) is 0 Å². The first-order valence-corrected chi connectivity index (χ1v) is 14.3. The summed E-state index contributed by atoms with van der Waals surface area (Å²) >= 11 is 0. The van der Waals surface area contributed by atoms with Gasteiger partial charge in [-0.3, -0.25) is 0 Å². The van der Waals surface area contributed by atoms with Crippen molar-refractivity contribution in [2.45, 2.75) is 89.4 Å². The normalized spacial score (nSPS) is 31.1. The van der Waals surface area contributed by atoms with E-state index in [1.54, 1.807) is 12.2 Å². The van der Waals surface area contributed by atoms with Gasteiger partial charge >= 0.3 is 0 Å². The summed E-state index contributed by atoms with van der Waals surface area (Å²) in [5, 5.41) is 9.95. The predicted molar refractivity (Wildman–Crippen MR) is 127 cm³/mol. The van der Waals surface area contributed by atoms with Crippen LogP contribution in [0.5, 0.6) is 0 Å². The second kappa shape index (κ2) is 10.7. The van der Waals surface area contributed by atoms with Crippen molar-refractivity contribution in [1.82, 2.24) is 0 Å². The van der Waals surface area contributed by atoms with Crippen LogP contribution in [0.4, 0.5) is 0 Å². The molecule has 7 heteroatoms. The molecule has 0 aromatic heterocycles. The van der Waals surface area contributed by atoms with Gasteiger partial charge in [-0.15, -0.1) is 0 Å². The van der Waals surface area contributed by atoms with E-state index in [9.17, 15) is 5.11 Å². The maximum atomic E-state index is 9.85. The third kappa shape index (κ3) is 6.84. The monoisotopic (exact) mass is 462 g/mol. The van der Waals surface area contributed by atoms with E-state index in [0.29, 0.717) is 13.2 Å². The van der Waals surface area contributed by atoms with Gasteiger partial charge in [-0.05, 0) is 42.8 Å². The van der Waals surface area contributed by atoms with E-state index in [-0.39, 0.29) is 23.4 Å². The van der Waals surface area contributed by atoms with E-state index in [2.05, 4.69) is 33.9 Å². The zero-order chi connectivity index (χ0) is 23.4. The standard InChI is InChI=1S/C25H38O6Si/c1-18-20(26)12-14-24(29-18)30-21-13-15-23(27-16-19-10-8-7-9-11-19)31-22(21)17-28-32(5,6)25(2,3)4/h7-15,18,20-24,26H,16-17H2,1-6H3/t18-,20+,21+,22-,23+,24-/m0/s1. The summed E-state index contributed by atoms with van der Waals surface area (Å²) in [6.07, 6.45) is 4.61. The summed E-state index contributed by atoms with van der Waals surface area (Å²) < 4.78 is 30.6. The molecule has 6 atom stereocenters. The molecule has 3 rings (SSSR count). The Bertz CT molecular complexity index is 772. The van der Waals surface area contributed by atoms with Gasteiger partial charge in [0.05, 0.1) is 25.4 Å². The van der Waals surface area contributed by atoms with E-state index in [0.717, 1.165) is 5.56 Å². The van der Waals surface area contributed by atoms with Crippen LogP contribution in [0, 0.1) is 0 Å². The van der Waals surface area contributed by atoms with E-state index in [1.165, 1.54) is 0 Å². The quantitative estimate of drug-likeness (QED) is 0.452. The molecule has 1 N–H and O–H groups in total. The van der Waals surface area contributed by atoms with Gasteiger partial charge in [0.25, 0.3) is 0 Å². The smallest absolute Gasteiger partial charge is 0.192 e. The van der Waals surface area contributed by atoms with E-state index in [1.807, 2.05) is 49.4 Å². The van der Waals surface area contributed by atoms with Gasteiger partial charge in [0.15, 0.2) is 20.9 Å². The molecule has 2 aliphatic rings. The molecular formula is C25H38O6Si. The lowest BCUT2D eigenvalue weighted by Gasteiger charge is -2.40. The lowest BCUT2D eigenvalue weighted by Crippen LogP contribution is -2.48. The average Bonchev–Trinajstić information content (AvgIpc) is 2.74. The Morgan fingerprint density at radius 1 is 0.969 bits per heavy atom. The fraction of sp³-hybridized carbons (Fsp3) is 0.600. The second-order valence-electron chi connectivity index (χ2n) is 9.98. The van der Waals surface area contributed by atoms with Crippen molar-refractivity contribution in [3.8, 4) is 0 Å². The molecule has 2 aliphatic heterocycles. The van der Waals surface area contributed by atoms with E-state index >= 15 is 0 Å². The topological polar surface area (TPSA) is 66.4 Å². The molecule has 0 saturated carbocycles. The number of hydrogen-bond acceptors (Lipinski definition) is 6. The van der Waals surface area contributed by atoms with Gasteiger partial charge in [-0.2, -0.15) is 0 Å². The minimum absolute atomic E-state index is 0.0951. The highest BCUT2D eigenvalue weighted by atomic mass is 28.4. The summed E-state index contributed by atoms with van der Waals surface area (Å²) in [6.45, 7) is 13.8. The predicted octanol–water partition coefficient (Wildman–Crippen LogP) is 4.55. The maximum absolute atomic E-state index is 9.85. The highest BCUT2D eigenvalue weighted by molar-refractivity contribution is 6.74. The summed E-state index contributed by atoms with van der Waals surface area (Å²) in [7, 11) is -1.96. The molecular weight excluding hydrogens is 424 g/mol. The average molecular weight is 463 g/mol. The minimum Gasteiger partial charge on any atom is -0.414 e. The van der Waals surface area contributed by atoms with Crippen LogP contribution >= 0.6 is 0 Å². The molecule has 1 aromatic carbocycles. The van der Waals surface area contributed by atoms with Crippen molar-refractivity contribution >= 4 is 8.32 Å². The molecule has 2 heterocycles. The highest BCUT2D eigenvalue weighted by Gasteiger charge is 2.40. The Balaban J connectivity index is 1.67. The van der Waals surface area contributed by atoms with Gasteiger partial charge in [-0.25, -0.2) is 0 Å². The van der Waals surface area contributed by atoms with Crippen molar-refractivity contribution in [2.75, 3.05) is 6.61 Å². The number of aliphatic hydroxyl groups is 1. The van der Waals surface area contributed by atoms with Crippen molar-refractivity contribution in [2.24, 2.45) is 0 Å². The molecule has 0 aliphatic carbocycles. The third-order valence-corrected chi connectivity index (χ3v) is 10.9. The Kier molecular flexibility index (Phi) is 8.49. The Labute approximate surface area is 193 Å². The number of ether oxygens (including phenoxy) is 4. The Morgan fingerprint density at radius 2 is 1.66 bits per heavy atom. The first-order valence-electron chi connectivity index (χ1n) is 11.4. The second-order valence-corrected chi connectivity index (χ2v) is 14.8. The van der Waals surface area contributed by atoms with Crippen LogP contribution < -0.4 is 0 Å². The number of aliphatic hydroxyl groups excluding tert-OH is 1. The van der Waals surface area contributed by atoms with Crippen molar-refractivity contribution < 1.29 is 28.5 Å². The minimum atomic E-state index is -1.96. The largest absolute Gasteiger partial charge is 0.414 e. The lowest BCUT2D eigenvalue weighted by atomic mass is 10.1. The summed E-state index contributed by atoms with van der Waals surface area (Å²) in [5.74, 6) is 0. The summed E-state index contributed by atoms with van der Waals surface area (Å²) in [6, 6.07) is 10.0. The molecule has 0 fully saturated rings. The fourth-order valence-electron chi connectivity index (χ4n) is 3.17. The molecule has 0 saturated heterocycles. The fourth-order valence-corrected chi connectivity index (χ4v) is 4.19. The molecule has 0 amide bonds. The van der Waals surface area contributed by atoms with Crippen LogP contribution in [0.2, 0.25) is 18.1 Å². The van der Waals surface area contributed by atoms with Crippen LogP contribution in [0.15, 0.2) is 54.6 Å². The third-order valence-electron chi connectivity index (χ3n) is 6.39. The molecule has 32 heavy (non-hydrogen) atoms. The van der Waals surface area contributed by atoms with Gasteiger partial charge in [0.2, 0.25) is 0 Å². The van der Waals surface area contributed by atoms with Crippen LogP contribution in [-0.4, -0.2) is 57.0 Å². The molecule has 0 radical (unpaired) electrons. The lowest BCUT2D eigenvalue weighted by molar-refractivity contribution is -0.232. The summed E-state index contributed by atoms with van der Waals surface area (Å²) in [5.41, 5.74) is 1.09. The molecule has 0 bridgehead atoms. The van der Waals surface area contributed by atoms with Crippen LogP contribution in [-0.2, 0) is 30.0 Å². The number of rotatable bonds is 8. The maximum Gasteiger partial charge on any atom is 0.192 e. The van der Waals surface area contributed by atoms with Crippen molar-refractivity contribution in [3.63, 3.8) is 0 Å². The van der Waals surface area contributed by atoms with Crippen LogP contribution in [0.1, 0.15) is 33.3 Å². The SMILES string of the molecule is C[C@@H]1O[C@@H](O[C@@H]2C=C[C@H](OCc3ccccc3)O[C@H]2CO[Si](C)(C)C(C)(C)C)C=C[C@H]1O. The Hall–Kier alpha value is -1.32. The summed E-state index contributed by atoms with van der Waals surface area (Å²) in [4.78, 5) is 0. The van der Waals surface area contributed by atoms with Gasteiger partial charge in [0.1, 0.15) is 12.2 Å². The zero-order valence-electron chi connectivity index (χ0n) is 20.1. The van der Waals surface area contributed by atoms with Crippen molar-refractivity contribution in [1.29, 1.82) is 0 Å². The van der Waals surface area contributed by atoms with E-state index in [4.69, 9.17) is 23.4 Å². The Morgan fingerprint density at radius 3 is 2.31 bits per heavy atom. The van der Waals surface area contributed by atoms with Gasteiger partial charge in [0, 0.05) is 0 Å². The van der Waals surface area contributed by atoms with Crippen LogP contribution in [0.3, 0.4) is 0 Å². The molecule has 178 valence electrons. The molecule has 0 unspecified atom stereocenters. The molecule has 0 spiro atoms. The van der Waals surface area contributed by atoms with Gasteiger partial charge in [-0.1, -0.05) is 63.3 Å². The molecule has 1 aromatic rings. The van der Waals surface area contributed by atoms with E-state index < -0.39 is 27.0 Å². The van der Waals surface area contributed by atoms with Crippen molar-refractivity contribution in [3.05, 3.63) is 60.2 Å².